The molecule has 2 aromatic rings. The van der Waals surface area contributed by atoms with Crippen molar-refractivity contribution in [3.05, 3.63) is 64.9 Å². The highest BCUT2D eigenvalue weighted by atomic mass is 35.5. The first-order valence-electron chi connectivity index (χ1n) is 10.3. The summed E-state index contributed by atoms with van der Waals surface area (Å²) < 4.78 is 39.9. The van der Waals surface area contributed by atoms with Crippen LogP contribution in [0.25, 0.3) is 0 Å². The zero-order valence-corrected chi connectivity index (χ0v) is 20.9. The normalized spacial score (nSPS) is 12.7. The number of nitrogens with zero attached hydrogens (tertiary/aromatic N) is 2. The Morgan fingerprint density at radius 2 is 1.76 bits per heavy atom. The topological polar surface area (TPSA) is 86.8 Å². The summed E-state index contributed by atoms with van der Waals surface area (Å²) in [6.45, 7) is 6.32. The Bertz CT molecular complexity index is 1120. The molecule has 0 spiro atoms. The monoisotopic (exact) mass is 497 g/mol. The van der Waals surface area contributed by atoms with E-state index in [0.29, 0.717) is 14.9 Å². The van der Waals surface area contributed by atoms with Crippen molar-refractivity contribution >= 4 is 39.1 Å². The van der Waals surface area contributed by atoms with Gasteiger partial charge in [-0.3, -0.25) is 13.9 Å². The van der Waals surface area contributed by atoms with Crippen LogP contribution in [0.3, 0.4) is 0 Å². The zero-order chi connectivity index (χ0) is 25.0. The van der Waals surface area contributed by atoms with Crippen LogP contribution in [0.4, 0.5) is 10.1 Å². The van der Waals surface area contributed by atoms with Crippen LogP contribution in [0.15, 0.2) is 48.5 Å². The summed E-state index contributed by atoms with van der Waals surface area (Å²) in [5, 5.41) is 3.28. The van der Waals surface area contributed by atoms with Gasteiger partial charge in [0.2, 0.25) is 21.8 Å². The molecule has 0 aliphatic heterocycles. The maximum Gasteiger partial charge on any atom is 0.244 e. The molecule has 2 rings (SSSR count). The van der Waals surface area contributed by atoms with Gasteiger partial charge in [0.15, 0.2) is 0 Å². The standard InChI is InChI=1S/C23H29ClFN3O4S/c1-16(22(30)26-23(2,3)4)27(14-17-9-8-10-18(24)13-17)21(29)15-28(33(5,31)32)20-12-7-6-11-19(20)25/h6-13,16H,14-15H2,1-5H3,(H,26,30)/t16-/m0/s1. The minimum atomic E-state index is -4.00. The molecule has 7 nitrogen and oxygen atoms in total. The van der Waals surface area contributed by atoms with E-state index in [1.807, 2.05) is 20.8 Å². The lowest BCUT2D eigenvalue weighted by Gasteiger charge is -2.33. The molecule has 1 N–H and O–H groups in total. The first kappa shape index (κ1) is 26.6. The minimum absolute atomic E-state index is 0.00694. The summed E-state index contributed by atoms with van der Waals surface area (Å²) in [6, 6.07) is 11.1. The number of rotatable bonds is 8. The molecule has 2 aromatic carbocycles. The number of halogens is 2. The molecule has 0 saturated carbocycles. The minimum Gasteiger partial charge on any atom is -0.350 e. The lowest BCUT2D eigenvalue weighted by Crippen LogP contribution is -2.54. The van der Waals surface area contributed by atoms with E-state index in [9.17, 15) is 22.4 Å². The number of para-hydroxylation sites is 1. The first-order chi connectivity index (χ1) is 15.2. The summed E-state index contributed by atoms with van der Waals surface area (Å²) in [6.07, 6.45) is 0.893. The molecule has 0 bridgehead atoms. The Morgan fingerprint density at radius 3 is 2.30 bits per heavy atom. The Kier molecular flexibility index (Phi) is 8.48. The molecule has 1 atom stereocenters. The van der Waals surface area contributed by atoms with Crippen LogP contribution in [0.1, 0.15) is 33.3 Å². The molecule has 0 fully saturated rings. The van der Waals surface area contributed by atoms with E-state index in [1.54, 1.807) is 31.2 Å². The van der Waals surface area contributed by atoms with Crippen molar-refractivity contribution in [1.29, 1.82) is 0 Å². The van der Waals surface area contributed by atoms with Gasteiger partial charge in [0.1, 0.15) is 18.4 Å². The number of sulfonamides is 1. The van der Waals surface area contributed by atoms with Crippen molar-refractivity contribution < 1.29 is 22.4 Å². The molecule has 0 radical (unpaired) electrons. The van der Waals surface area contributed by atoms with Gasteiger partial charge in [-0.15, -0.1) is 0 Å². The van der Waals surface area contributed by atoms with Gasteiger partial charge < -0.3 is 10.2 Å². The molecule has 0 heterocycles. The number of amides is 2. The van der Waals surface area contributed by atoms with Crippen molar-refractivity contribution in [3.63, 3.8) is 0 Å². The van der Waals surface area contributed by atoms with Crippen LogP contribution in [-0.2, 0) is 26.2 Å². The summed E-state index contributed by atoms with van der Waals surface area (Å²) in [7, 11) is -4.00. The van der Waals surface area contributed by atoms with Gasteiger partial charge >= 0.3 is 0 Å². The summed E-state index contributed by atoms with van der Waals surface area (Å²) in [5.74, 6) is -1.86. The van der Waals surface area contributed by atoms with Crippen LogP contribution < -0.4 is 9.62 Å². The fourth-order valence-electron chi connectivity index (χ4n) is 3.14. The second-order valence-electron chi connectivity index (χ2n) is 8.79. The Hall–Kier alpha value is -2.65. The van der Waals surface area contributed by atoms with Crippen LogP contribution in [0.2, 0.25) is 5.02 Å². The Balaban J connectivity index is 2.42. The molecule has 0 aliphatic carbocycles. The van der Waals surface area contributed by atoms with Crippen molar-refractivity contribution in [2.75, 3.05) is 17.1 Å². The number of hydrogen-bond donors (Lipinski definition) is 1. The van der Waals surface area contributed by atoms with Crippen molar-refractivity contribution in [2.45, 2.75) is 45.8 Å². The first-order valence-corrected chi connectivity index (χ1v) is 12.5. The van der Waals surface area contributed by atoms with E-state index in [-0.39, 0.29) is 12.2 Å². The van der Waals surface area contributed by atoms with E-state index in [0.717, 1.165) is 12.3 Å². The predicted molar refractivity (Wildman–Crippen MR) is 128 cm³/mol. The third-order valence-corrected chi connectivity index (χ3v) is 6.07. The van der Waals surface area contributed by atoms with E-state index < -0.39 is 45.8 Å². The van der Waals surface area contributed by atoms with Gasteiger partial charge in [-0.05, 0) is 57.5 Å². The molecule has 180 valence electrons. The summed E-state index contributed by atoms with van der Waals surface area (Å²) in [5.41, 5.74) is -0.131. The third-order valence-electron chi connectivity index (χ3n) is 4.71. The molecule has 0 aliphatic rings. The number of hydrogen-bond acceptors (Lipinski definition) is 4. The number of benzene rings is 2. The third kappa shape index (κ3) is 7.71. The Morgan fingerprint density at radius 1 is 1.12 bits per heavy atom. The predicted octanol–water partition coefficient (Wildman–Crippen LogP) is 3.58. The summed E-state index contributed by atoms with van der Waals surface area (Å²) in [4.78, 5) is 27.5. The van der Waals surface area contributed by atoms with Gasteiger partial charge in [-0.2, -0.15) is 0 Å². The van der Waals surface area contributed by atoms with Gasteiger partial charge in [-0.25, -0.2) is 12.8 Å². The lowest BCUT2D eigenvalue weighted by atomic mass is 10.1. The number of nitrogens with one attached hydrogen (secondary N) is 1. The van der Waals surface area contributed by atoms with E-state index in [1.165, 1.54) is 23.1 Å². The van der Waals surface area contributed by atoms with E-state index in [2.05, 4.69) is 5.32 Å². The molecule has 0 saturated heterocycles. The van der Waals surface area contributed by atoms with Crippen molar-refractivity contribution in [3.8, 4) is 0 Å². The number of anilines is 1. The molecular weight excluding hydrogens is 469 g/mol. The second kappa shape index (κ2) is 10.5. The molecule has 0 aromatic heterocycles. The van der Waals surface area contributed by atoms with Gasteiger partial charge in [-0.1, -0.05) is 35.9 Å². The van der Waals surface area contributed by atoms with E-state index >= 15 is 0 Å². The van der Waals surface area contributed by atoms with E-state index in [4.69, 9.17) is 11.6 Å². The average molecular weight is 498 g/mol. The molecular formula is C23H29ClFN3O4S. The van der Waals surface area contributed by atoms with Crippen LogP contribution >= 0.6 is 11.6 Å². The van der Waals surface area contributed by atoms with Crippen LogP contribution in [0.5, 0.6) is 0 Å². The second-order valence-corrected chi connectivity index (χ2v) is 11.1. The van der Waals surface area contributed by atoms with Gasteiger partial charge in [0.25, 0.3) is 0 Å². The summed E-state index contributed by atoms with van der Waals surface area (Å²) >= 11 is 6.07. The number of carbonyl (C=O) groups is 2. The van der Waals surface area contributed by atoms with Gasteiger partial charge in [0, 0.05) is 17.1 Å². The maximum absolute atomic E-state index is 14.4. The average Bonchev–Trinajstić information content (AvgIpc) is 2.68. The molecule has 33 heavy (non-hydrogen) atoms. The molecule has 2 amide bonds. The van der Waals surface area contributed by atoms with Crippen molar-refractivity contribution in [2.24, 2.45) is 0 Å². The highest BCUT2D eigenvalue weighted by Crippen LogP contribution is 2.22. The number of carbonyl (C=O) groups excluding carboxylic acids is 2. The zero-order valence-electron chi connectivity index (χ0n) is 19.3. The maximum atomic E-state index is 14.4. The van der Waals surface area contributed by atoms with Crippen LogP contribution in [-0.4, -0.2) is 49.5 Å². The van der Waals surface area contributed by atoms with Gasteiger partial charge in [0.05, 0.1) is 11.9 Å². The Labute approximate surface area is 199 Å². The highest BCUT2D eigenvalue weighted by Gasteiger charge is 2.32. The smallest absolute Gasteiger partial charge is 0.244 e. The largest absolute Gasteiger partial charge is 0.350 e. The highest BCUT2D eigenvalue weighted by molar-refractivity contribution is 7.92. The molecule has 10 heteroatoms. The SMILES string of the molecule is C[C@@H](C(=O)NC(C)(C)C)N(Cc1cccc(Cl)c1)C(=O)CN(c1ccccc1F)S(C)(=O)=O. The lowest BCUT2D eigenvalue weighted by molar-refractivity contribution is -0.140. The fraction of sp³-hybridized carbons (Fsp3) is 0.391. The van der Waals surface area contributed by atoms with Crippen LogP contribution in [0, 0.1) is 5.82 Å². The van der Waals surface area contributed by atoms with Crippen molar-refractivity contribution in [1.82, 2.24) is 10.2 Å². The quantitative estimate of drug-likeness (QED) is 0.604. The molecule has 0 unspecified atom stereocenters. The fourth-order valence-corrected chi connectivity index (χ4v) is 4.20.